The molecular weight excluding hydrogens is 312 g/mol. The Morgan fingerprint density at radius 3 is 2.83 bits per heavy atom. The minimum atomic E-state index is -0.624. The van der Waals surface area contributed by atoms with Gasteiger partial charge in [0.25, 0.3) is 5.91 Å². The van der Waals surface area contributed by atoms with Crippen LogP contribution in [0.3, 0.4) is 0 Å². The number of hydrogen-bond acceptors (Lipinski definition) is 6. The highest BCUT2D eigenvalue weighted by atomic mass is 16.6. The van der Waals surface area contributed by atoms with Crippen LogP contribution in [0, 0.1) is 10.1 Å². The molecular formula is C16H12N4O4. The fourth-order valence-electron chi connectivity index (χ4n) is 2.12. The van der Waals surface area contributed by atoms with E-state index in [0.717, 1.165) is 10.9 Å². The first kappa shape index (κ1) is 15.2. The van der Waals surface area contributed by atoms with Gasteiger partial charge in [-0.05, 0) is 24.3 Å². The number of pyridine rings is 1. The summed E-state index contributed by atoms with van der Waals surface area (Å²) < 4.78 is 4.95. The van der Waals surface area contributed by atoms with Gasteiger partial charge in [-0.2, -0.15) is 0 Å². The summed E-state index contributed by atoms with van der Waals surface area (Å²) in [5.74, 6) is -0.386. The fraction of sp³-hybridized carbons (Fsp3) is 0. The predicted octanol–water partition coefficient (Wildman–Crippen LogP) is 2.64. The Kier molecular flexibility index (Phi) is 4.19. The van der Waals surface area contributed by atoms with Crippen LogP contribution in [0.4, 0.5) is 5.88 Å². The van der Waals surface area contributed by atoms with E-state index < -0.39 is 4.92 Å². The van der Waals surface area contributed by atoms with Crippen molar-refractivity contribution in [3.63, 3.8) is 0 Å². The molecule has 0 unspecified atom stereocenters. The van der Waals surface area contributed by atoms with E-state index in [1.165, 1.54) is 24.4 Å². The zero-order valence-electron chi connectivity index (χ0n) is 12.3. The highest BCUT2D eigenvalue weighted by Gasteiger charge is 2.10. The van der Waals surface area contributed by atoms with Crippen molar-refractivity contribution in [1.29, 1.82) is 0 Å². The second kappa shape index (κ2) is 6.61. The Morgan fingerprint density at radius 1 is 1.21 bits per heavy atom. The van der Waals surface area contributed by atoms with E-state index in [0.29, 0.717) is 5.56 Å². The number of rotatable bonds is 5. The van der Waals surface area contributed by atoms with Gasteiger partial charge >= 0.3 is 5.88 Å². The molecule has 0 bridgehead atoms. The van der Waals surface area contributed by atoms with Crippen LogP contribution in [0.2, 0.25) is 0 Å². The highest BCUT2D eigenvalue weighted by molar-refractivity contribution is 6.05. The van der Waals surface area contributed by atoms with Gasteiger partial charge in [0.1, 0.15) is 10.7 Å². The van der Waals surface area contributed by atoms with Gasteiger partial charge in [-0.25, -0.2) is 0 Å². The van der Waals surface area contributed by atoms with Crippen molar-refractivity contribution in [1.82, 2.24) is 15.8 Å². The lowest BCUT2D eigenvalue weighted by Crippen LogP contribution is -2.33. The summed E-state index contributed by atoms with van der Waals surface area (Å²) in [4.78, 5) is 26.3. The molecule has 0 aliphatic heterocycles. The number of hydrogen-bond donors (Lipinski definition) is 2. The maximum atomic E-state index is 12.2. The molecule has 0 aliphatic rings. The largest absolute Gasteiger partial charge is 0.433 e. The van der Waals surface area contributed by atoms with Crippen LogP contribution in [0.1, 0.15) is 16.1 Å². The third kappa shape index (κ3) is 3.22. The van der Waals surface area contributed by atoms with E-state index in [4.69, 9.17) is 4.42 Å². The van der Waals surface area contributed by atoms with Gasteiger partial charge in [-0.15, -0.1) is 0 Å². The Morgan fingerprint density at radius 2 is 2.04 bits per heavy atom. The zero-order chi connectivity index (χ0) is 16.9. The van der Waals surface area contributed by atoms with Crippen molar-refractivity contribution in [2.24, 2.45) is 0 Å². The molecule has 0 spiro atoms. The monoisotopic (exact) mass is 324 g/mol. The summed E-state index contributed by atoms with van der Waals surface area (Å²) in [5, 5.41) is 11.2. The lowest BCUT2D eigenvalue weighted by molar-refractivity contribution is -0.402. The molecule has 3 aromatic rings. The molecule has 0 saturated heterocycles. The predicted molar refractivity (Wildman–Crippen MR) is 86.7 cm³/mol. The van der Waals surface area contributed by atoms with E-state index in [9.17, 15) is 14.9 Å². The van der Waals surface area contributed by atoms with E-state index in [-0.39, 0.29) is 17.6 Å². The number of amides is 1. The molecule has 0 atom stereocenters. The van der Waals surface area contributed by atoms with Crippen LogP contribution >= 0.6 is 0 Å². The number of carbonyl (C=O) groups excluding carboxylic acids is 1. The summed E-state index contributed by atoms with van der Waals surface area (Å²) in [5.41, 5.74) is 6.32. The quantitative estimate of drug-likeness (QED) is 0.551. The molecule has 24 heavy (non-hydrogen) atoms. The maximum absolute atomic E-state index is 12.2. The molecule has 120 valence electrons. The van der Waals surface area contributed by atoms with Crippen molar-refractivity contribution < 1.29 is 14.1 Å². The minimum absolute atomic E-state index is 0.290. The van der Waals surface area contributed by atoms with Crippen molar-refractivity contribution in [3.05, 3.63) is 76.3 Å². The molecule has 0 saturated carbocycles. The second-order valence-corrected chi connectivity index (χ2v) is 4.74. The van der Waals surface area contributed by atoms with Crippen LogP contribution in [0.25, 0.3) is 17.0 Å². The summed E-state index contributed by atoms with van der Waals surface area (Å²) >= 11 is 0. The van der Waals surface area contributed by atoms with E-state index in [1.54, 1.807) is 12.3 Å². The van der Waals surface area contributed by atoms with Crippen LogP contribution in [-0.2, 0) is 0 Å². The SMILES string of the molecule is O=C(NN/C=C/c1ccc([N+](=O)[O-])o1)c1ccnc2ccccc12. The number of nitrogens with zero attached hydrogens (tertiary/aromatic N) is 2. The number of fused-ring (bicyclic) bond motifs is 1. The first-order valence-electron chi connectivity index (χ1n) is 6.95. The van der Waals surface area contributed by atoms with Gasteiger partial charge in [0, 0.05) is 17.8 Å². The number of furan rings is 1. The number of nitro groups is 1. The molecule has 0 fully saturated rings. The van der Waals surface area contributed by atoms with Gasteiger partial charge in [-0.1, -0.05) is 18.2 Å². The molecule has 1 aromatic carbocycles. The minimum Gasteiger partial charge on any atom is -0.401 e. The first-order chi connectivity index (χ1) is 11.6. The Balaban J connectivity index is 1.64. The fourth-order valence-corrected chi connectivity index (χ4v) is 2.12. The smallest absolute Gasteiger partial charge is 0.401 e. The number of benzene rings is 1. The zero-order valence-corrected chi connectivity index (χ0v) is 12.3. The van der Waals surface area contributed by atoms with E-state index >= 15 is 0 Å². The normalized spacial score (nSPS) is 10.8. The molecule has 8 heteroatoms. The molecule has 0 radical (unpaired) electrons. The van der Waals surface area contributed by atoms with Gasteiger partial charge in [0.15, 0.2) is 0 Å². The molecule has 2 aromatic heterocycles. The van der Waals surface area contributed by atoms with Crippen molar-refractivity contribution in [2.75, 3.05) is 0 Å². The molecule has 2 heterocycles. The van der Waals surface area contributed by atoms with Crippen molar-refractivity contribution in [3.8, 4) is 0 Å². The summed E-state index contributed by atoms with van der Waals surface area (Å²) in [6.45, 7) is 0. The molecule has 2 N–H and O–H groups in total. The number of carbonyl (C=O) groups is 1. The van der Waals surface area contributed by atoms with Gasteiger partial charge in [0.05, 0.1) is 17.1 Å². The highest BCUT2D eigenvalue weighted by Crippen LogP contribution is 2.17. The number of para-hydroxylation sites is 1. The molecule has 8 nitrogen and oxygen atoms in total. The van der Waals surface area contributed by atoms with E-state index in [1.807, 2.05) is 24.3 Å². The summed E-state index contributed by atoms with van der Waals surface area (Å²) in [6.07, 6.45) is 4.43. The van der Waals surface area contributed by atoms with Crippen LogP contribution < -0.4 is 10.9 Å². The van der Waals surface area contributed by atoms with Gasteiger partial charge in [0.2, 0.25) is 0 Å². The standard InChI is InChI=1S/C16H12N4O4/c21-16(13-8-9-17-14-4-2-1-3-12(13)14)19-18-10-7-11-5-6-15(24-11)20(22)23/h1-10,18H,(H,19,21)/b10-7+. The first-order valence-corrected chi connectivity index (χ1v) is 6.95. The van der Waals surface area contributed by atoms with Gasteiger partial charge in [-0.3, -0.25) is 25.3 Å². The van der Waals surface area contributed by atoms with Crippen molar-refractivity contribution >= 4 is 28.8 Å². The third-order valence-corrected chi connectivity index (χ3v) is 3.20. The van der Waals surface area contributed by atoms with Gasteiger partial charge < -0.3 is 9.84 Å². The van der Waals surface area contributed by atoms with E-state index in [2.05, 4.69) is 15.8 Å². The Labute approximate surface area is 135 Å². The molecule has 1 amide bonds. The lowest BCUT2D eigenvalue weighted by atomic mass is 10.1. The van der Waals surface area contributed by atoms with Crippen LogP contribution in [0.5, 0.6) is 0 Å². The lowest BCUT2D eigenvalue weighted by Gasteiger charge is -2.06. The number of nitrogens with one attached hydrogen (secondary N) is 2. The maximum Gasteiger partial charge on any atom is 0.433 e. The number of hydrazine groups is 1. The summed E-state index contributed by atoms with van der Waals surface area (Å²) in [7, 11) is 0. The van der Waals surface area contributed by atoms with Crippen LogP contribution in [0.15, 0.2) is 59.3 Å². The molecule has 0 aliphatic carbocycles. The average Bonchev–Trinajstić information content (AvgIpc) is 3.07. The van der Waals surface area contributed by atoms with Crippen molar-refractivity contribution in [2.45, 2.75) is 0 Å². The number of aromatic nitrogens is 1. The second-order valence-electron chi connectivity index (χ2n) is 4.74. The topological polar surface area (TPSA) is 110 Å². The summed E-state index contributed by atoms with van der Waals surface area (Å²) in [6, 6.07) is 11.6. The average molecular weight is 324 g/mol. The van der Waals surface area contributed by atoms with Crippen LogP contribution in [-0.4, -0.2) is 15.8 Å². The Hall–Kier alpha value is -3.68. The molecule has 3 rings (SSSR count). The Bertz CT molecular complexity index is 927. The third-order valence-electron chi connectivity index (χ3n) is 3.20.